The summed E-state index contributed by atoms with van der Waals surface area (Å²) in [6, 6.07) is 10.3. The average Bonchev–Trinajstić information content (AvgIpc) is 2.88. The van der Waals surface area contributed by atoms with Crippen molar-refractivity contribution in [3.05, 3.63) is 35.9 Å². The number of likely N-dealkylation sites (N-methyl/N-ethyl adjacent to an activating group) is 1. The van der Waals surface area contributed by atoms with E-state index >= 15 is 0 Å². The minimum atomic E-state index is -0.800. The number of carbonyl (C=O) groups is 2. The molecule has 1 aromatic rings. The molecule has 0 radical (unpaired) electrons. The van der Waals surface area contributed by atoms with E-state index in [0.29, 0.717) is 12.5 Å². The number of carbonyl (C=O) groups excluding carboxylic acids is 1. The van der Waals surface area contributed by atoms with Crippen LogP contribution in [-0.2, 0) is 9.59 Å². The number of benzene rings is 1. The Morgan fingerprint density at radius 1 is 1.23 bits per heavy atom. The van der Waals surface area contributed by atoms with Gasteiger partial charge in [-0.25, -0.2) is 0 Å². The normalized spacial score (nSPS) is 20.5. The van der Waals surface area contributed by atoms with Crippen molar-refractivity contribution >= 4 is 11.9 Å². The van der Waals surface area contributed by atoms with Crippen molar-refractivity contribution < 1.29 is 14.7 Å². The zero-order valence-electron chi connectivity index (χ0n) is 16.2. The number of hydrogen-bond acceptors (Lipinski definition) is 3. The number of aliphatic carboxylic acids is 1. The second-order valence-corrected chi connectivity index (χ2v) is 7.49. The molecule has 1 aromatic carbocycles. The van der Waals surface area contributed by atoms with Gasteiger partial charge in [-0.15, -0.1) is 0 Å². The van der Waals surface area contributed by atoms with Gasteiger partial charge in [-0.05, 0) is 37.8 Å². The van der Waals surface area contributed by atoms with E-state index in [1.165, 1.54) is 0 Å². The second-order valence-electron chi connectivity index (χ2n) is 7.49. The number of rotatable bonds is 7. The van der Waals surface area contributed by atoms with Crippen molar-refractivity contribution in [2.45, 2.75) is 51.5 Å². The van der Waals surface area contributed by atoms with Gasteiger partial charge in [-0.2, -0.15) is 0 Å². The predicted octanol–water partition coefficient (Wildman–Crippen LogP) is 3.21. The maximum Gasteiger partial charge on any atom is 0.317 e. The summed E-state index contributed by atoms with van der Waals surface area (Å²) < 4.78 is 0. The Morgan fingerprint density at radius 2 is 1.92 bits per heavy atom. The number of hydrogen-bond donors (Lipinski definition) is 1. The first-order valence-electron chi connectivity index (χ1n) is 9.69. The minimum Gasteiger partial charge on any atom is -0.480 e. The van der Waals surface area contributed by atoms with Gasteiger partial charge in [0.1, 0.15) is 0 Å². The minimum absolute atomic E-state index is 0.0537. The Kier molecular flexibility index (Phi) is 7.64. The summed E-state index contributed by atoms with van der Waals surface area (Å²) in [5, 5.41) is 9.01. The second kappa shape index (κ2) is 9.72. The van der Waals surface area contributed by atoms with Crippen molar-refractivity contribution in [3.8, 4) is 0 Å². The molecular formula is C21H32N2O3. The molecule has 0 aliphatic carbocycles. The molecule has 0 spiro atoms. The van der Waals surface area contributed by atoms with Crippen LogP contribution in [0.15, 0.2) is 30.3 Å². The highest BCUT2D eigenvalue weighted by atomic mass is 16.4. The third kappa shape index (κ3) is 5.31. The summed E-state index contributed by atoms with van der Waals surface area (Å²) in [4.78, 5) is 28.2. The van der Waals surface area contributed by atoms with E-state index in [4.69, 9.17) is 5.11 Å². The first-order valence-corrected chi connectivity index (χ1v) is 9.69. The smallest absolute Gasteiger partial charge is 0.317 e. The number of carboxylic acid groups (broad SMARTS) is 1. The van der Waals surface area contributed by atoms with Crippen LogP contribution in [0.5, 0.6) is 0 Å². The SMILES string of the molecule is CCC(C)C(C(=O)N1CCCC(N(C)CC(=O)O)CC1)c1ccccc1. The highest BCUT2D eigenvalue weighted by Crippen LogP contribution is 2.30. The van der Waals surface area contributed by atoms with Crippen LogP contribution in [0.3, 0.4) is 0 Å². The molecule has 26 heavy (non-hydrogen) atoms. The van der Waals surface area contributed by atoms with E-state index in [1.807, 2.05) is 35.0 Å². The zero-order valence-corrected chi connectivity index (χ0v) is 16.2. The zero-order chi connectivity index (χ0) is 19.1. The van der Waals surface area contributed by atoms with Crippen LogP contribution in [-0.4, -0.2) is 59.5 Å². The summed E-state index contributed by atoms with van der Waals surface area (Å²) in [6.07, 6.45) is 3.65. The van der Waals surface area contributed by atoms with Gasteiger partial charge in [0, 0.05) is 19.1 Å². The molecule has 3 unspecified atom stereocenters. The van der Waals surface area contributed by atoms with Crippen LogP contribution in [0.25, 0.3) is 0 Å². The van der Waals surface area contributed by atoms with Gasteiger partial charge in [-0.1, -0.05) is 50.6 Å². The predicted molar refractivity (Wildman–Crippen MR) is 103 cm³/mol. The van der Waals surface area contributed by atoms with Gasteiger partial charge in [0.25, 0.3) is 0 Å². The molecule has 1 saturated heterocycles. The quantitative estimate of drug-likeness (QED) is 0.811. The molecule has 0 saturated carbocycles. The van der Waals surface area contributed by atoms with E-state index in [-0.39, 0.29) is 24.4 Å². The standard InChI is InChI=1S/C21H32N2O3/c1-4-16(2)20(17-9-6-5-7-10-17)21(26)23-13-8-11-18(12-14-23)22(3)15-19(24)25/h5-7,9-10,16,18,20H,4,8,11-15H2,1-3H3,(H,24,25). The topological polar surface area (TPSA) is 60.9 Å². The van der Waals surface area contributed by atoms with Crippen LogP contribution in [0.1, 0.15) is 51.0 Å². The molecule has 1 aliphatic rings. The molecule has 3 atom stereocenters. The van der Waals surface area contributed by atoms with Gasteiger partial charge in [0.15, 0.2) is 0 Å². The number of likely N-dealkylation sites (tertiary alicyclic amines) is 1. The molecule has 1 amide bonds. The lowest BCUT2D eigenvalue weighted by atomic mass is 9.84. The lowest BCUT2D eigenvalue weighted by Gasteiger charge is -2.30. The Balaban J connectivity index is 2.08. The van der Waals surface area contributed by atoms with Crippen LogP contribution in [0.2, 0.25) is 0 Å². The summed E-state index contributed by atoms with van der Waals surface area (Å²) in [6.45, 7) is 5.80. The Labute approximate surface area is 157 Å². The molecule has 2 rings (SSSR count). The Morgan fingerprint density at radius 3 is 2.54 bits per heavy atom. The molecule has 5 nitrogen and oxygen atoms in total. The summed E-state index contributed by atoms with van der Waals surface area (Å²) >= 11 is 0. The first-order chi connectivity index (χ1) is 12.4. The molecule has 1 heterocycles. The third-order valence-corrected chi connectivity index (χ3v) is 5.66. The molecule has 5 heteroatoms. The van der Waals surface area contributed by atoms with Crippen LogP contribution in [0.4, 0.5) is 0 Å². The molecule has 1 N–H and O–H groups in total. The largest absolute Gasteiger partial charge is 0.480 e. The lowest BCUT2D eigenvalue weighted by molar-refractivity contribution is -0.139. The van der Waals surface area contributed by atoms with Gasteiger partial charge in [0.05, 0.1) is 12.5 Å². The molecular weight excluding hydrogens is 328 g/mol. The van der Waals surface area contributed by atoms with Crippen LogP contribution in [0, 0.1) is 5.92 Å². The van der Waals surface area contributed by atoms with E-state index in [9.17, 15) is 9.59 Å². The number of carboxylic acids is 1. The maximum atomic E-state index is 13.3. The van der Waals surface area contributed by atoms with Crippen LogP contribution >= 0.6 is 0 Å². The van der Waals surface area contributed by atoms with E-state index in [0.717, 1.165) is 37.8 Å². The molecule has 1 fully saturated rings. The average molecular weight is 360 g/mol. The number of amides is 1. The summed E-state index contributed by atoms with van der Waals surface area (Å²) in [5.41, 5.74) is 1.09. The van der Waals surface area contributed by atoms with Crippen molar-refractivity contribution in [3.63, 3.8) is 0 Å². The maximum absolute atomic E-state index is 13.3. The fraction of sp³-hybridized carbons (Fsp3) is 0.619. The fourth-order valence-corrected chi connectivity index (χ4v) is 3.89. The number of nitrogens with zero attached hydrogens (tertiary/aromatic N) is 2. The first kappa shape index (κ1) is 20.4. The van der Waals surface area contributed by atoms with Crippen molar-refractivity contribution in [2.75, 3.05) is 26.7 Å². The van der Waals surface area contributed by atoms with Gasteiger partial charge >= 0.3 is 5.97 Å². The summed E-state index contributed by atoms with van der Waals surface area (Å²) in [5.74, 6) is -0.397. The lowest BCUT2D eigenvalue weighted by Crippen LogP contribution is -2.39. The Bertz CT molecular complexity index is 590. The van der Waals surface area contributed by atoms with Crippen LogP contribution < -0.4 is 0 Å². The molecule has 1 aliphatic heterocycles. The van der Waals surface area contributed by atoms with Gasteiger partial charge in [-0.3, -0.25) is 14.5 Å². The monoisotopic (exact) mass is 360 g/mol. The van der Waals surface area contributed by atoms with Crippen molar-refractivity contribution in [2.24, 2.45) is 5.92 Å². The van der Waals surface area contributed by atoms with Gasteiger partial charge < -0.3 is 10.0 Å². The van der Waals surface area contributed by atoms with Crippen molar-refractivity contribution in [1.29, 1.82) is 0 Å². The summed E-state index contributed by atoms with van der Waals surface area (Å²) in [7, 11) is 1.86. The fourth-order valence-electron chi connectivity index (χ4n) is 3.89. The van der Waals surface area contributed by atoms with E-state index in [2.05, 4.69) is 26.0 Å². The Hall–Kier alpha value is -1.88. The highest BCUT2D eigenvalue weighted by molar-refractivity contribution is 5.84. The highest BCUT2D eigenvalue weighted by Gasteiger charge is 2.31. The molecule has 0 bridgehead atoms. The van der Waals surface area contributed by atoms with E-state index < -0.39 is 5.97 Å². The third-order valence-electron chi connectivity index (χ3n) is 5.66. The van der Waals surface area contributed by atoms with Crippen molar-refractivity contribution in [1.82, 2.24) is 9.80 Å². The van der Waals surface area contributed by atoms with E-state index in [1.54, 1.807) is 0 Å². The molecule has 144 valence electrons. The molecule has 0 aromatic heterocycles. The van der Waals surface area contributed by atoms with Gasteiger partial charge in [0.2, 0.25) is 5.91 Å².